The largest absolute Gasteiger partial charge is 0.488 e. The molecule has 0 aliphatic heterocycles. The SMILES string of the molecule is Cc1cccc(COc2cc(C)n(-c3cc(-c4nc(C(C)(C)O)ncc4C)ncc3C)c(=O)c2C)c1. The van der Waals surface area contributed by atoms with Gasteiger partial charge in [-0.05, 0) is 71.2 Å². The zero-order valence-electron chi connectivity index (χ0n) is 21.9. The van der Waals surface area contributed by atoms with Gasteiger partial charge in [-0.25, -0.2) is 9.97 Å². The third-order valence-electron chi connectivity index (χ3n) is 6.14. The Morgan fingerprint density at radius 1 is 0.972 bits per heavy atom. The Hall–Kier alpha value is -3.84. The van der Waals surface area contributed by atoms with Crippen LogP contribution in [-0.2, 0) is 12.2 Å². The molecule has 0 aliphatic carbocycles. The fraction of sp³-hybridized carbons (Fsp3) is 0.310. The number of benzene rings is 1. The molecular weight excluding hydrogens is 452 g/mol. The second-order valence-electron chi connectivity index (χ2n) is 9.83. The van der Waals surface area contributed by atoms with Crippen molar-refractivity contribution in [1.29, 1.82) is 0 Å². The molecule has 0 bridgehead atoms. The molecule has 0 amide bonds. The minimum Gasteiger partial charge on any atom is -0.488 e. The van der Waals surface area contributed by atoms with Crippen molar-refractivity contribution in [3.8, 4) is 22.8 Å². The second kappa shape index (κ2) is 9.66. The summed E-state index contributed by atoms with van der Waals surface area (Å²) in [5, 5.41) is 10.4. The number of aliphatic hydroxyl groups is 1. The molecule has 0 radical (unpaired) electrons. The molecule has 0 saturated carbocycles. The summed E-state index contributed by atoms with van der Waals surface area (Å²) in [6.07, 6.45) is 3.41. The van der Waals surface area contributed by atoms with E-state index >= 15 is 0 Å². The predicted octanol–water partition coefficient (Wildman–Crippen LogP) is 5.04. The lowest BCUT2D eigenvalue weighted by atomic mass is 10.1. The van der Waals surface area contributed by atoms with Crippen molar-refractivity contribution in [2.45, 2.75) is 60.7 Å². The fourth-order valence-corrected chi connectivity index (χ4v) is 4.09. The molecule has 4 rings (SSSR count). The molecule has 0 atom stereocenters. The van der Waals surface area contributed by atoms with Crippen molar-refractivity contribution in [3.05, 3.63) is 98.5 Å². The first-order valence-corrected chi connectivity index (χ1v) is 11.9. The van der Waals surface area contributed by atoms with Gasteiger partial charge in [0, 0.05) is 24.2 Å². The van der Waals surface area contributed by atoms with Crippen LogP contribution < -0.4 is 10.3 Å². The zero-order chi connectivity index (χ0) is 26.2. The molecule has 7 heteroatoms. The topological polar surface area (TPSA) is 90.1 Å². The molecule has 186 valence electrons. The number of nitrogens with zero attached hydrogens (tertiary/aromatic N) is 4. The van der Waals surface area contributed by atoms with Gasteiger partial charge in [0.15, 0.2) is 5.82 Å². The summed E-state index contributed by atoms with van der Waals surface area (Å²) in [6, 6.07) is 11.9. The number of ether oxygens (including phenoxy) is 1. The van der Waals surface area contributed by atoms with Crippen LogP contribution in [-0.4, -0.2) is 24.6 Å². The maximum absolute atomic E-state index is 13.5. The van der Waals surface area contributed by atoms with Gasteiger partial charge in [-0.3, -0.25) is 14.3 Å². The minimum atomic E-state index is -1.19. The molecule has 1 aromatic carbocycles. The highest BCUT2D eigenvalue weighted by Gasteiger charge is 2.22. The molecule has 7 nitrogen and oxygen atoms in total. The predicted molar refractivity (Wildman–Crippen MR) is 141 cm³/mol. The molecule has 36 heavy (non-hydrogen) atoms. The Labute approximate surface area is 211 Å². The van der Waals surface area contributed by atoms with E-state index in [2.05, 4.69) is 21.0 Å². The van der Waals surface area contributed by atoms with Crippen LogP contribution in [0, 0.1) is 34.6 Å². The quantitative estimate of drug-likeness (QED) is 0.412. The van der Waals surface area contributed by atoms with Crippen LogP contribution in [0.4, 0.5) is 0 Å². The number of hydrogen-bond donors (Lipinski definition) is 1. The molecule has 4 aromatic rings. The fourth-order valence-electron chi connectivity index (χ4n) is 4.09. The number of hydrogen-bond acceptors (Lipinski definition) is 6. The van der Waals surface area contributed by atoms with E-state index < -0.39 is 5.60 Å². The molecular formula is C29H32N4O3. The number of rotatable bonds is 6. The van der Waals surface area contributed by atoms with Gasteiger partial charge >= 0.3 is 0 Å². The van der Waals surface area contributed by atoms with Crippen molar-refractivity contribution in [2.24, 2.45) is 0 Å². The molecule has 0 saturated heterocycles. The lowest BCUT2D eigenvalue weighted by Gasteiger charge is -2.19. The van der Waals surface area contributed by atoms with Crippen LogP contribution in [0.2, 0.25) is 0 Å². The van der Waals surface area contributed by atoms with Crippen LogP contribution in [0.5, 0.6) is 5.75 Å². The zero-order valence-corrected chi connectivity index (χ0v) is 21.9. The lowest BCUT2D eigenvalue weighted by Crippen LogP contribution is -2.24. The van der Waals surface area contributed by atoms with E-state index in [0.29, 0.717) is 35.1 Å². The standard InChI is InChI=1S/C29H32N4O3/c1-17-9-8-10-22(11-17)16-36-25-12-20(4)33(27(34)21(25)5)24-13-23(30-14-18(24)2)26-19(3)15-31-28(32-26)29(6,7)35/h8-15,35H,16H2,1-7H3. The van der Waals surface area contributed by atoms with Gasteiger partial charge in [0.25, 0.3) is 5.56 Å². The molecule has 3 aromatic heterocycles. The third-order valence-corrected chi connectivity index (χ3v) is 6.14. The summed E-state index contributed by atoms with van der Waals surface area (Å²) in [4.78, 5) is 27.0. The maximum Gasteiger partial charge on any atom is 0.261 e. The Kier molecular flexibility index (Phi) is 6.78. The number of pyridine rings is 2. The van der Waals surface area contributed by atoms with Crippen LogP contribution in [0.25, 0.3) is 17.1 Å². The van der Waals surface area contributed by atoms with Gasteiger partial charge in [0.2, 0.25) is 0 Å². The van der Waals surface area contributed by atoms with Crippen molar-refractivity contribution < 1.29 is 9.84 Å². The summed E-state index contributed by atoms with van der Waals surface area (Å²) in [5.41, 5.74) is 5.79. The van der Waals surface area contributed by atoms with Crippen molar-refractivity contribution in [3.63, 3.8) is 0 Å². The first-order valence-electron chi connectivity index (χ1n) is 11.9. The van der Waals surface area contributed by atoms with Crippen molar-refractivity contribution in [1.82, 2.24) is 19.5 Å². The van der Waals surface area contributed by atoms with E-state index in [1.807, 2.05) is 58.0 Å². The summed E-state index contributed by atoms with van der Waals surface area (Å²) < 4.78 is 7.73. The van der Waals surface area contributed by atoms with Crippen molar-refractivity contribution >= 4 is 0 Å². The first kappa shape index (κ1) is 25.3. The Morgan fingerprint density at radius 2 is 1.69 bits per heavy atom. The summed E-state index contributed by atoms with van der Waals surface area (Å²) >= 11 is 0. The molecule has 0 aliphatic rings. The highest BCUT2D eigenvalue weighted by Crippen LogP contribution is 2.27. The minimum absolute atomic E-state index is 0.147. The average molecular weight is 485 g/mol. The van der Waals surface area contributed by atoms with Crippen LogP contribution >= 0.6 is 0 Å². The molecule has 0 unspecified atom stereocenters. The maximum atomic E-state index is 13.5. The van der Waals surface area contributed by atoms with Gasteiger partial charge < -0.3 is 9.84 Å². The van der Waals surface area contributed by atoms with Gasteiger partial charge in [0.05, 0.1) is 22.6 Å². The lowest BCUT2D eigenvalue weighted by molar-refractivity contribution is 0.0688. The van der Waals surface area contributed by atoms with E-state index in [1.54, 1.807) is 37.7 Å². The normalized spacial score (nSPS) is 11.6. The van der Waals surface area contributed by atoms with Gasteiger partial charge in [0.1, 0.15) is 18.0 Å². The second-order valence-corrected chi connectivity index (χ2v) is 9.83. The number of aromatic nitrogens is 4. The average Bonchev–Trinajstić information content (AvgIpc) is 2.81. The third kappa shape index (κ3) is 5.06. The van der Waals surface area contributed by atoms with Gasteiger partial charge in [-0.2, -0.15) is 0 Å². The summed E-state index contributed by atoms with van der Waals surface area (Å²) in [7, 11) is 0. The van der Waals surface area contributed by atoms with E-state index in [9.17, 15) is 9.90 Å². The van der Waals surface area contributed by atoms with Crippen LogP contribution in [0.15, 0.2) is 53.6 Å². The monoisotopic (exact) mass is 484 g/mol. The summed E-state index contributed by atoms with van der Waals surface area (Å²) in [6.45, 7) is 13.2. The summed E-state index contributed by atoms with van der Waals surface area (Å²) in [5.74, 6) is 0.884. The highest BCUT2D eigenvalue weighted by molar-refractivity contribution is 5.62. The van der Waals surface area contributed by atoms with Gasteiger partial charge in [-0.15, -0.1) is 0 Å². The molecule has 1 N–H and O–H groups in total. The van der Waals surface area contributed by atoms with E-state index in [1.165, 1.54) is 0 Å². The van der Waals surface area contributed by atoms with Gasteiger partial charge in [-0.1, -0.05) is 29.8 Å². The Morgan fingerprint density at radius 3 is 2.39 bits per heavy atom. The highest BCUT2D eigenvalue weighted by atomic mass is 16.5. The van der Waals surface area contributed by atoms with E-state index in [4.69, 9.17) is 4.74 Å². The molecule has 3 heterocycles. The van der Waals surface area contributed by atoms with Crippen molar-refractivity contribution in [2.75, 3.05) is 0 Å². The Bertz CT molecular complexity index is 1500. The smallest absolute Gasteiger partial charge is 0.261 e. The van der Waals surface area contributed by atoms with E-state index in [-0.39, 0.29) is 5.56 Å². The molecule has 0 fully saturated rings. The number of aryl methyl sites for hydroxylation is 4. The van der Waals surface area contributed by atoms with E-state index in [0.717, 1.165) is 33.6 Å². The molecule has 0 spiro atoms. The Balaban J connectivity index is 1.75. The first-order chi connectivity index (χ1) is 17.0. The van der Waals surface area contributed by atoms with Crippen LogP contribution in [0.3, 0.4) is 0 Å². The van der Waals surface area contributed by atoms with Crippen LogP contribution in [0.1, 0.15) is 53.2 Å².